The van der Waals surface area contributed by atoms with Crippen molar-refractivity contribution in [3.05, 3.63) is 50.8 Å². The lowest BCUT2D eigenvalue weighted by atomic mass is 9.94. The fraction of sp³-hybridized carbons (Fsp3) is 0.500. The summed E-state index contributed by atoms with van der Waals surface area (Å²) in [6.07, 6.45) is 0. The molecule has 1 heterocycles. The molecule has 0 saturated heterocycles. The van der Waals surface area contributed by atoms with E-state index in [1.54, 1.807) is 12.1 Å². The van der Waals surface area contributed by atoms with Gasteiger partial charge in [-0.25, -0.2) is 0 Å². The van der Waals surface area contributed by atoms with Crippen LogP contribution in [0.25, 0.3) is 11.1 Å². The zero-order chi connectivity index (χ0) is 20.7. The molecule has 0 fully saturated rings. The Morgan fingerprint density at radius 3 is 1.41 bits per heavy atom. The van der Waals surface area contributed by atoms with Crippen molar-refractivity contribution in [1.82, 2.24) is 4.98 Å². The molecule has 0 aliphatic heterocycles. The van der Waals surface area contributed by atoms with Gasteiger partial charge in [0.15, 0.2) is 0 Å². The number of nitroso groups, excluding NO2 is 2. The van der Waals surface area contributed by atoms with Gasteiger partial charge in [-0.15, -0.1) is 0 Å². The van der Waals surface area contributed by atoms with Crippen molar-refractivity contribution < 1.29 is 9.52 Å². The Hall–Kier alpha value is -2.43. The van der Waals surface area contributed by atoms with E-state index < -0.39 is 11.1 Å². The van der Waals surface area contributed by atoms with E-state index >= 15 is 0 Å². The molecule has 0 aliphatic rings. The summed E-state index contributed by atoms with van der Waals surface area (Å²) >= 11 is 0. The normalized spacial score (nSPS) is 12.2. The largest absolute Gasteiger partial charge is 0.367 e. The Morgan fingerprint density at radius 1 is 0.704 bits per heavy atom. The van der Waals surface area contributed by atoms with Crippen LogP contribution in [0.3, 0.4) is 0 Å². The van der Waals surface area contributed by atoms with Crippen molar-refractivity contribution in [2.45, 2.75) is 73.4 Å². The first-order chi connectivity index (χ1) is 12.2. The number of aryl methyl sites for hydroxylation is 3. The molecule has 0 N–H and O–H groups in total. The van der Waals surface area contributed by atoms with E-state index in [1.807, 2.05) is 55.4 Å². The summed E-state index contributed by atoms with van der Waals surface area (Å²) < 4.78 is 1.74. The van der Waals surface area contributed by atoms with E-state index in [-0.39, 0.29) is 11.6 Å². The molecule has 0 spiro atoms. The third-order valence-corrected chi connectivity index (χ3v) is 4.40. The highest BCUT2D eigenvalue weighted by Crippen LogP contribution is 2.34. The minimum Gasteiger partial charge on any atom is -0.0646 e. The standard InChI is InChI=1S/C22H31N3O2/c1-14-10-15(2)20(16(3)11-14)17-12-18(24(26)21(4,5)6)23-19(13-17)25(27)22(7,8)9/h10-13H,1-9H3/q+2. The molecular formula is C22H31N3O2+2. The topological polar surface area (TPSA) is 53.0 Å². The van der Waals surface area contributed by atoms with Gasteiger partial charge < -0.3 is 0 Å². The second-order valence-corrected chi connectivity index (χ2v) is 9.28. The van der Waals surface area contributed by atoms with Crippen LogP contribution in [-0.4, -0.2) is 25.6 Å². The lowest BCUT2D eigenvalue weighted by Gasteiger charge is -2.16. The number of aromatic nitrogens is 1. The first kappa shape index (κ1) is 20.9. The van der Waals surface area contributed by atoms with Gasteiger partial charge in [-0.3, -0.25) is 0 Å². The number of nitrogens with zero attached hydrogens (tertiary/aromatic N) is 3. The molecule has 1 aromatic carbocycles. The summed E-state index contributed by atoms with van der Waals surface area (Å²) in [5.41, 5.74) is 3.96. The molecule has 1 aromatic heterocycles. The summed E-state index contributed by atoms with van der Waals surface area (Å²) in [5, 5.41) is 0. The highest BCUT2D eigenvalue weighted by molar-refractivity contribution is 5.73. The third kappa shape index (κ3) is 4.46. The average Bonchev–Trinajstić information content (AvgIpc) is 2.50. The van der Waals surface area contributed by atoms with Crippen LogP contribution in [0.15, 0.2) is 24.3 Å². The van der Waals surface area contributed by atoms with E-state index in [0.717, 1.165) is 31.8 Å². The first-order valence-electron chi connectivity index (χ1n) is 9.27. The summed E-state index contributed by atoms with van der Waals surface area (Å²) in [4.78, 5) is 30.1. The van der Waals surface area contributed by atoms with Gasteiger partial charge in [-0.1, -0.05) is 27.5 Å². The fourth-order valence-corrected chi connectivity index (χ4v) is 3.18. The Kier molecular flexibility index (Phi) is 5.37. The molecule has 5 heteroatoms. The highest BCUT2D eigenvalue weighted by Gasteiger charge is 2.35. The Bertz CT molecular complexity index is 849. The Labute approximate surface area is 162 Å². The lowest BCUT2D eigenvalue weighted by molar-refractivity contribution is -0.553. The van der Waals surface area contributed by atoms with Crippen LogP contribution in [-0.2, 0) is 0 Å². The molecule has 0 aliphatic carbocycles. The average molecular weight is 370 g/mol. The maximum Gasteiger partial charge on any atom is 0.367 e. The number of rotatable bonds is 3. The third-order valence-electron chi connectivity index (χ3n) is 4.40. The number of hydrogen-bond donors (Lipinski definition) is 0. The van der Waals surface area contributed by atoms with Gasteiger partial charge in [0.1, 0.15) is 11.1 Å². The van der Waals surface area contributed by atoms with Crippen molar-refractivity contribution in [3.63, 3.8) is 0 Å². The van der Waals surface area contributed by atoms with Crippen LogP contribution >= 0.6 is 0 Å². The minimum atomic E-state index is -0.657. The molecule has 27 heavy (non-hydrogen) atoms. The summed E-state index contributed by atoms with van der Waals surface area (Å²) in [5.74, 6) is 0.499. The minimum absolute atomic E-state index is 0.250. The summed E-state index contributed by atoms with van der Waals surface area (Å²) in [6.45, 7) is 17.1. The van der Waals surface area contributed by atoms with Gasteiger partial charge in [0, 0.05) is 17.1 Å². The Balaban J connectivity index is 2.79. The smallest absolute Gasteiger partial charge is 0.0646 e. The predicted molar refractivity (Wildman–Crippen MR) is 110 cm³/mol. The van der Waals surface area contributed by atoms with Crippen LogP contribution in [0.4, 0.5) is 11.6 Å². The SMILES string of the molecule is Cc1cc(C)c(-c2cc([N+](=O)C(C)(C)C)nc([N+](=O)C(C)(C)C)c2)c(C)c1. The van der Waals surface area contributed by atoms with Gasteiger partial charge in [0.2, 0.25) is 0 Å². The molecular weight excluding hydrogens is 338 g/mol. The molecule has 0 amide bonds. The van der Waals surface area contributed by atoms with Crippen molar-refractivity contribution in [2.24, 2.45) is 0 Å². The Morgan fingerprint density at radius 2 is 1.07 bits per heavy atom. The monoisotopic (exact) mass is 369 g/mol. The molecule has 2 rings (SSSR count). The van der Waals surface area contributed by atoms with Crippen LogP contribution in [0.2, 0.25) is 0 Å². The molecule has 0 saturated carbocycles. The lowest BCUT2D eigenvalue weighted by Crippen LogP contribution is -2.30. The van der Waals surface area contributed by atoms with Crippen molar-refractivity contribution in [2.75, 3.05) is 0 Å². The first-order valence-corrected chi connectivity index (χ1v) is 9.27. The molecule has 0 atom stereocenters. The van der Waals surface area contributed by atoms with E-state index in [2.05, 4.69) is 24.0 Å². The van der Waals surface area contributed by atoms with Crippen molar-refractivity contribution in [3.8, 4) is 11.1 Å². The second-order valence-electron chi connectivity index (χ2n) is 9.28. The van der Waals surface area contributed by atoms with Gasteiger partial charge in [-0.05, 0) is 94.1 Å². The molecule has 5 nitrogen and oxygen atoms in total. The van der Waals surface area contributed by atoms with Crippen LogP contribution < -0.4 is 0 Å². The quantitative estimate of drug-likeness (QED) is 0.615. The zero-order valence-electron chi connectivity index (χ0n) is 18.0. The van der Waals surface area contributed by atoms with Crippen LogP contribution in [0.1, 0.15) is 58.2 Å². The van der Waals surface area contributed by atoms with Crippen molar-refractivity contribution >= 4 is 11.6 Å². The van der Waals surface area contributed by atoms with Crippen LogP contribution in [0, 0.1) is 30.6 Å². The highest BCUT2D eigenvalue weighted by atomic mass is 16.3. The van der Waals surface area contributed by atoms with E-state index in [0.29, 0.717) is 0 Å². The molecule has 0 radical (unpaired) electrons. The predicted octanol–water partition coefficient (Wildman–Crippen LogP) is 6.09. The fourth-order valence-electron chi connectivity index (χ4n) is 3.18. The number of hydrogen-bond acceptors (Lipinski definition) is 3. The van der Waals surface area contributed by atoms with Gasteiger partial charge in [0.25, 0.3) is 0 Å². The van der Waals surface area contributed by atoms with E-state index in [1.165, 1.54) is 5.56 Å². The van der Waals surface area contributed by atoms with Gasteiger partial charge >= 0.3 is 11.6 Å². The zero-order valence-corrected chi connectivity index (χ0v) is 18.0. The van der Waals surface area contributed by atoms with E-state index in [9.17, 15) is 9.81 Å². The van der Waals surface area contributed by atoms with E-state index in [4.69, 9.17) is 0 Å². The maximum absolute atomic E-state index is 12.8. The molecule has 144 valence electrons. The number of pyridine rings is 1. The van der Waals surface area contributed by atoms with Crippen LogP contribution in [0.5, 0.6) is 0 Å². The molecule has 2 aromatic rings. The van der Waals surface area contributed by atoms with Crippen molar-refractivity contribution in [1.29, 1.82) is 0 Å². The van der Waals surface area contributed by atoms with Gasteiger partial charge in [0.05, 0.1) is 0 Å². The van der Waals surface area contributed by atoms with Gasteiger partial charge in [-0.2, -0.15) is 0 Å². The summed E-state index contributed by atoms with van der Waals surface area (Å²) in [7, 11) is 0. The second kappa shape index (κ2) is 6.95. The molecule has 0 unspecified atom stereocenters. The molecule has 0 bridgehead atoms. The number of benzene rings is 1. The maximum atomic E-state index is 12.8. The summed E-state index contributed by atoms with van der Waals surface area (Å²) in [6, 6.07) is 7.78.